The number of halogens is 2. The zero-order valence-corrected chi connectivity index (χ0v) is 10.1. The lowest BCUT2D eigenvalue weighted by Gasteiger charge is -2.08. The Labute approximate surface area is 104 Å². The number of carbonyl (C=O) groups is 1. The molecule has 5 heteroatoms. The number of carboxylic acid groups (broad SMARTS) is 1. The van der Waals surface area contributed by atoms with E-state index in [1.54, 1.807) is 18.2 Å². The molecule has 1 aromatic carbocycles. The average molecular weight is 263 g/mol. The van der Waals surface area contributed by atoms with Crippen molar-refractivity contribution < 1.29 is 14.6 Å². The van der Waals surface area contributed by atoms with Gasteiger partial charge in [-0.25, -0.2) is 0 Å². The minimum atomic E-state index is -0.796. The maximum Gasteiger partial charge on any atom is 0.303 e. The van der Waals surface area contributed by atoms with E-state index in [-0.39, 0.29) is 6.42 Å². The van der Waals surface area contributed by atoms with Crippen LogP contribution in [0.4, 0.5) is 0 Å². The average Bonchev–Trinajstić information content (AvgIpc) is 2.21. The Morgan fingerprint density at radius 1 is 1.25 bits per heavy atom. The van der Waals surface area contributed by atoms with Gasteiger partial charge in [0.1, 0.15) is 0 Å². The van der Waals surface area contributed by atoms with Crippen molar-refractivity contribution in [3.05, 3.63) is 28.2 Å². The molecule has 0 fully saturated rings. The standard InChI is InChI=1S/C11H12Cl2O3/c12-8-4-3-5-9(13)11(8)16-7-2-1-6-10(14)15/h3-5H,1-2,6-7H2,(H,14,15). The van der Waals surface area contributed by atoms with Gasteiger partial charge in [-0.1, -0.05) is 29.3 Å². The van der Waals surface area contributed by atoms with Crippen molar-refractivity contribution in [2.24, 2.45) is 0 Å². The van der Waals surface area contributed by atoms with Gasteiger partial charge in [0.25, 0.3) is 0 Å². The number of ether oxygens (including phenoxy) is 1. The number of hydrogen-bond acceptors (Lipinski definition) is 2. The van der Waals surface area contributed by atoms with Gasteiger partial charge >= 0.3 is 5.97 Å². The summed E-state index contributed by atoms with van der Waals surface area (Å²) in [5.74, 6) is -0.336. The summed E-state index contributed by atoms with van der Waals surface area (Å²) in [6, 6.07) is 5.13. The molecule has 16 heavy (non-hydrogen) atoms. The molecule has 0 unspecified atom stereocenters. The number of para-hydroxylation sites is 1. The monoisotopic (exact) mass is 262 g/mol. The predicted octanol–water partition coefficient (Wildman–Crippen LogP) is 3.63. The Balaban J connectivity index is 2.34. The lowest BCUT2D eigenvalue weighted by Crippen LogP contribution is -2.01. The third-order valence-electron chi connectivity index (χ3n) is 1.95. The van der Waals surface area contributed by atoms with E-state index in [0.29, 0.717) is 35.2 Å². The van der Waals surface area contributed by atoms with Crippen molar-refractivity contribution >= 4 is 29.2 Å². The first-order valence-electron chi connectivity index (χ1n) is 4.90. The van der Waals surface area contributed by atoms with Gasteiger partial charge in [0.15, 0.2) is 5.75 Å². The Morgan fingerprint density at radius 2 is 1.88 bits per heavy atom. The molecule has 0 spiro atoms. The van der Waals surface area contributed by atoms with Crippen molar-refractivity contribution in [3.63, 3.8) is 0 Å². The fourth-order valence-corrected chi connectivity index (χ4v) is 1.68. The molecule has 0 heterocycles. The van der Waals surface area contributed by atoms with E-state index in [1.165, 1.54) is 0 Å². The molecule has 0 bridgehead atoms. The van der Waals surface area contributed by atoms with Crippen LogP contribution in [0, 0.1) is 0 Å². The quantitative estimate of drug-likeness (QED) is 0.797. The van der Waals surface area contributed by atoms with Gasteiger partial charge in [-0.3, -0.25) is 4.79 Å². The normalized spacial score (nSPS) is 10.1. The molecule has 0 aliphatic carbocycles. The summed E-state index contributed by atoms with van der Waals surface area (Å²) in [7, 11) is 0. The molecule has 0 aliphatic heterocycles. The summed E-state index contributed by atoms with van der Waals surface area (Å²) in [4.78, 5) is 10.3. The molecule has 0 amide bonds. The number of unbranched alkanes of at least 4 members (excludes halogenated alkanes) is 1. The number of carboxylic acids is 1. The lowest BCUT2D eigenvalue weighted by molar-refractivity contribution is -0.137. The van der Waals surface area contributed by atoms with Crippen LogP contribution in [0.2, 0.25) is 10.0 Å². The Hall–Kier alpha value is -0.930. The van der Waals surface area contributed by atoms with Crippen molar-refractivity contribution in [1.82, 2.24) is 0 Å². The first kappa shape index (κ1) is 13.1. The Kier molecular flexibility index (Phi) is 5.43. The zero-order chi connectivity index (χ0) is 12.0. The lowest BCUT2D eigenvalue weighted by atomic mass is 10.2. The van der Waals surface area contributed by atoms with E-state index in [9.17, 15) is 4.79 Å². The minimum Gasteiger partial charge on any atom is -0.490 e. The summed E-state index contributed by atoms with van der Waals surface area (Å²) < 4.78 is 5.39. The zero-order valence-electron chi connectivity index (χ0n) is 8.58. The third-order valence-corrected chi connectivity index (χ3v) is 2.55. The maximum atomic E-state index is 10.3. The Morgan fingerprint density at radius 3 is 2.44 bits per heavy atom. The van der Waals surface area contributed by atoms with Crippen LogP contribution in [0.1, 0.15) is 19.3 Å². The number of hydrogen-bond donors (Lipinski definition) is 1. The fourth-order valence-electron chi connectivity index (χ4n) is 1.17. The van der Waals surface area contributed by atoms with Crippen LogP contribution in [0.3, 0.4) is 0 Å². The van der Waals surface area contributed by atoms with E-state index in [4.69, 9.17) is 33.0 Å². The van der Waals surface area contributed by atoms with Crippen LogP contribution < -0.4 is 4.74 Å². The smallest absolute Gasteiger partial charge is 0.303 e. The van der Waals surface area contributed by atoms with Gasteiger partial charge in [0, 0.05) is 6.42 Å². The molecule has 3 nitrogen and oxygen atoms in total. The summed E-state index contributed by atoms with van der Waals surface area (Å²) in [5.41, 5.74) is 0. The van der Waals surface area contributed by atoms with E-state index < -0.39 is 5.97 Å². The van der Waals surface area contributed by atoms with E-state index in [0.717, 1.165) is 0 Å². The fraction of sp³-hybridized carbons (Fsp3) is 0.364. The van der Waals surface area contributed by atoms with Crippen LogP contribution >= 0.6 is 23.2 Å². The van der Waals surface area contributed by atoms with Gasteiger partial charge in [0.05, 0.1) is 16.7 Å². The number of benzene rings is 1. The molecular formula is C11H12Cl2O3. The largest absolute Gasteiger partial charge is 0.490 e. The molecule has 0 aromatic heterocycles. The van der Waals surface area contributed by atoms with Crippen molar-refractivity contribution in [1.29, 1.82) is 0 Å². The van der Waals surface area contributed by atoms with Crippen molar-refractivity contribution in [2.75, 3.05) is 6.61 Å². The van der Waals surface area contributed by atoms with Crippen LogP contribution in [-0.4, -0.2) is 17.7 Å². The second-order valence-electron chi connectivity index (χ2n) is 3.25. The second kappa shape index (κ2) is 6.61. The first-order chi connectivity index (χ1) is 7.61. The van der Waals surface area contributed by atoms with Crippen LogP contribution in [0.15, 0.2) is 18.2 Å². The summed E-state index contributed by atoms with van der Waals surface area (Å²) in [5, 5.41) is 9.36. The highest BCUT2D eigenvalue weighted by Gasteiger charge is 2.06. The second-order valence-corrected chi connectivity index (χ2v) is 4.06. The van der Waals surface area contributed by atoms with Gasteiger partial charge in [-0.2, -0.15) is 0 Å². The Bertz CT molecular complexity index is 346. The first-order valence-corrected chi connectivity index (χ1v) is 5.65. The molecule has 0 saturated heterocycles. The highest BCUT2D eigenvalue weighted by molar-refractivity contribution is 6.37. The van der Waals surface area contributed by atoms with E-state index >= 15 is 0 Å². The molecule has 1 N–H and O–H groups in total. The van der Waals surface area contributed by atoms with Crippen LogP contribution in [0.25, 0.3) is 0 Å². The van der Waals surface area contributed by atoms with Crippen molar-refractivity contribution in [2.45, 2.75) is 19.3 Å². The maximum absolute atomic E-state index is 10.3. The molecule has 0 atom stereocenters. The van der Waals surface area contributed by atoms with Crippen molar-refractivity contribution in [3.8, 4) is 5.75 Å². The predicted molar refractivity (Wildman–Crippen MR) is 63.4 cm³/mol. The topological polar surface area (TPSA) is 46.5 Å². The van der Waals surface area contributed by atoms with Gasteiger partial charge in [0.2, 0.25) is 0 Å². The van der Waals surface area contributed by atoms with E-state index in [2.05, 4.69) is 0 Å². The molecule has 0 radical (unpaired) electrons. The highest BCUT2D eigenvalue weighted by Crippen LogP contribution is 2.32. The van der Waals surface area contributed by atoms with Gasteiger partial charge in [-0.05, 0) is 25.0 Å². The highest BCUT2D eigenvalue weighted by atomic mass is 35.5. The minimum absolute atomic E-state index is 0.152. The summed E-state index contributed by atoms with van der Waals surface area (Å²) in [6.07, 6.45) is 1.39. The molecule has 0 saturated carbocycles. The van der Waals surface area contributed by atoms with Crippen LogP contribution in [-0.2, 0) is 4.79 Å². The van der Waals surface area contributed by atoms with Crippen LogP contribution in [0.5, 0.6) is 5.75 Å². The summed E-state index contributed by atoms with van der Waals surface area (Å²) >= 11 is 11.8. The van der Waals surface area contributed by atoms with Gasteiger partial charge in [-0.15, -0.1) is 0 Å². The number of aliphatic carboxylic acids is 1. The number of rotatable bonds is 6. The molecule has 1 rings (SSSR count). The molecule has 0 aliphatic rings. The third kappa shape index (κ3) is 4.29. The molecular weight excluding hydrogens is 251 g/mol. The molecule has 88 valence electrons. The van der Waals surface area contributed by atoms with E-state index in [1.807, 2.05) is 0 Å². The van der Waals surface area contributed by atoms with Gasteiger partial charge < -0.3 is 9.84 Å². The summed E-state index contributed by atoms with van der Waals surface area (Å²) in [6.45, 7) is 0.413. The molecule has 1 aromatic rings. The SMILES string of the molecule is O=C(O)CCCCOc1c(Cl)cccc1Cl.